The molecule has 0 spiro atoms. The minimum Gasteiger partial charge on any atom is -0.485 e. The molecule has 0 saturated heterocycles. The van der Waals surface area contributed by atoms with Gasteiger partial charge in [0.05, 0.1) is 5.92 Å². The van der Waals surface area contributed by atoms with E-state index in [1.165, 1.54) is 32.3 Å². The van der Waals surface area contributed by atoms with Crippen LogP contribution in [0.2, 0.25) is 0 Å². The highest BCUT2D eigenvalue weighted by Crippen LogP contribution is 2.49. The molecule has 49 heavy (non-hydrogen) atoms. The van der Waals surface area contributed by atoms with Crippen molar-refractivity contribution in [3.05, 3.63) is 175 Å². The van der Waals surface area contributed by atoms with E-state index in [1.54, 1.807) is 0 Å². The van der Waals surface area contributed by atoms with Crippen LogP contribution >= 0.6 is 0 Å². The Bertz CT molecular complexity index is 2550. The Hall–Kier alpha value is -6.39. The van der Waals surface area contributed by atoms with Gasteiger partial charge < -0.3 is 4.74 Å². The number of benzene rings is 7. The smallest absolute Gasteiger partial charge is 0.164 e. The highest BCUT2D eigenvalue weighted by molar-refractivity contribution is 6.25. The Labute approximate surface area is 283 Å². The van der Waals surface area contributed by atoms with Crippen molar-refractivity contribution in [2.24, 2.45) is 0 Å². The fraction of sp³-hybridized carbons (Fsp3) is 0.0444. The van der Waals surface area contributed by atoms with Crippen LogP contribution in [-0.2, 0) is 0 Å². The third kappa shape index (κ3) is 4.56. The quantitative estimate of drug-likeness (QED) is 0.182. The molecule has 4 nitrogen and oxygen atoms in total. The summed E-state index contributed by atoms with van der Waals surface area (Å²) in [5.41, 5.74) is 6.37. The molecule has 7 aromatic carbocycles. The molecule has 1 aliphatic carbocycles. The molecule has 0 fully saturated rings. The lowest BCUT2D eigenvalue weighted by Crippen LogP contribution is -2.20. The molecule has 0 bridgehead atoms. The SMILES string of the molecule is C1=CC2Oc3cc(-c4ccc5c6ccccc6c6ccccc6c5c4)ccc3C2C(c2nc(-c3ccccc3)nc(-c3ccccc3)n2)=C1. The predicted molar refractivity (Wildman–Crippen MR) is 199 cm³/mol. The van der Waals surface area contributed by atoms with Crippen molar-refractivity contribution < 1.29 is 4.74 Å². The lowest BCUT2D eigenvalue weighted by molar-refractivity contribution is 0.271. The fourth-order valence-electron chi connectivity index (χ4n) is 7.57. The second kappa shape index (κ2) is 11.1. The number of allylic oxidation sites excluding steroid dienone is 2. The van der Waals surface area contributed by atoms with E-state index in [1.807, 2.05) is 60.7 Å². The minimum atomic E-state index is -0.144. The zero-order chi connectivity index (χ0) is 32.3. The van der Waals surface area contributed by atoms with Crippen LogP contribution in [0.3, 0.4) is 0 Å². The van der Waals surface area contributed by atoms with E-state index in [0.29, 0.717) is 17.5 Å². The number of ether oxygens (including phenoxy) is 1. The monoisotopic (exact) mass is 627 g/mol. The molecule has 230 valence electrons. The summed E-state index contributed by atoms with van der Waals surface area (Å²) in [6, 6.07) is 51.1. The molecule has 2 unspecified atom stereocenters. The van der Waals surface area contributed by atoms with Crippen LogP contribution in [-0.4, -0.2) is 21.1 Å². The molecular weight excluding hydrogens is 599 g/mol. The molecule has 2 aliphatic rings. The van der Waals surface area contributed by atoms with Crippen molar-refractivity contribution in [1.82, 2.24) is 15.0 Å². The van der Waals surface area contributed by atoms with Crippen LogP contribution in [0.15, 0.2) is 164 Å². The summed E-state index contributed by atoms with van der Waals surface area (Å²) in [5.74, 6) is 2.84. The number of fused-ring (bicyclic) bond motifs is 9. The van der Waals surface area contributed by atoms with E-state index in [9.17, 15) is 0 Å². The highest BCUT2D eigenvalue weighted by Gasteiger charge is 2.38. The first-order chi connectivity index (χ1) is 24.3. The standard InChI is InChI=1S/C45H29N3O/c1-3-12-28(13-4-1)43-46-44(29-14-5-2-6-15-29)48-45(47-43)38-20-11-21-40-42(38)37-25-23-31(27-41(37)49-40)30-22-24-36-34-18-8-7-16-32(34)33-17-9-10-19-35(33)39(36)26-30/h1-27,40,42H. The average molecular weight is 628 g/mol. The van der Waals surface area contributed by atoms with Crippen molar-refractivity contribution in [3.63, 3.8) is 0 Å². The van der Waals surface area contributed by atoms with Gasteiger partial charge in [0.15, 0.2) is 17.5 Å². The summed E-state index contributed by atoms with van der Waals surface area (Å²) in [7, 11) is 0. The molecular formula is C45H29N3O. The van der Waals surface area contributed by atoms with Gasteiger partial charge in [0.1, 0.15) is 11.9 Å². The summed E-state index contributed by atoms with van der Waals surface area (Å²) in [6.07, 6.45) is 6.19. The van der Waals surface area contributed by atoms with E-state index in [2.05, 4.69) is 103 Å². The van der Waals surface area contributed by atoms with Crippen molar-refractivity contribution in [2.75, 3.05) is 0 Å². The van der Waals surface area contributed by atoms with Crippen LogP contribution in [0.5, 0.6) is 5.75 Å². The summed E-state index contributed by atoms with van der Waals surface area (Å²) < 4.78 is 6.67. The zero-order valence-corrected chi connectivity index (χ0v) is 26.5. The number of rotatable bonds is 4. The van der Waals surface area contributed by atoms with E-state index in [-0.39, 0.29) is 12.0 Å². The second-order valence-corrected chi connectivity index (χ2v) is 12.7. The van der Waals surface area contributed by atoms with Gasteiger partial charge in [-0.25, -0.2) is 15.0 Å². The average Bonchev–Trinajstić information content (AvgIpc) is 3.56. The molecule has 1 aromatic heterocycles. The van der Waals surface area contributed by atoms with E-state index in [4.69, 9.17) is 19.7 Å². The Morgan fingerprint density at radius 1 is 0.429 bits per heavy atom. The normalized spacial score (nSPS) is 16.4. The van der Waals surface area contributed by atoms with Crippen LogP contribution in [0.4, 0.5) is 0 Å². The first-order valence-electron chi connectivity index (χ1n) is 16.7. The van der Waals surface area contributed by atoms with Gasteiger partial charge in [0, 0.05) is 22.3 Å². The fourth-order valence-corrected chi connectivity index (χ4v) is 7.57. The number of hydrogen-bond donors (Lipinski definition) is 0. The third-order valence-electron chi connectivity index (χ3n) is 9.89. The molecule has 0 radical (unpaired) electrons. The topological polar surface area (TPSA) is 47.9 Å². The third-order valence-corrected chi connectivity index (χ3v) is 9.89. The molecule has 0 saturated carbocycles. The van der Waals surface area contributed by atoms with E-state index < -0.39 is 0 Å². The van der Waals surface area contributed by atoms with Crippen molar-refractivity contribution in [1.29, 1.82) is 0 Å². The van der Waals surface area contributed by atoms with Gasteiger partial charge in [-0.1, -0.05) is 146 Å². The Morgan fingerprint density at radius 3 is 1.57 bits per heavy atom. The number of aromatic nitrogens is 3. The van der Waals surface area contributed by atoms with Crippen LogP contribution in [0.1, 0.15) is 17.3 Å². The van der Waals surface area contributed by atoms with Gasteiger partial charge in [-0.05, 0) is 61.7 Å². The maximum atomic E-state index is 6.67. The lowest BCUT2D eigenvalue weighted by Gasteiger charge is -2.22. The molecule has 10 rings (SSSR count). The molecule has 8 aromatic rings. The summed E-state index contributed by atoms with van der Waals surface area (Å²) in [4.78, 5) is 15.0. The van der Waals surface area contributed by atoms with Gasteiger partial charge in [-0.3, -0.25) is 0 Å². The maximum Gasteiger partial charge on any atom is 0.164 e. The van der Waals surface area contributed by atoms with Gasteiger partial charge >= 0.3 is 0 Å². The molecule has 1 aliphatic heterocycles. The number of hydrogen-bond acceptors (Lipinski definition) is 4. The van der Waals surface area contributed by atoms with Crippen molar-refractivity contribution in [2.45, 2.75) is 12.0 Å². The van der Waals surface area contributed by atoms with Crippen molar-refractivity contribution in [3.8, 4) is 39.7 Å². The van der Waals surface area contributed by atoms with E-state index in [0.717, 1.165) is 39.1 Å². The minimum absolute atomic E-state index is 0.0318. The van der Waals surface area contributed by atoms with Crippen LogP contribution in [0, 0.1) is 0 Å². The number of nitrogens with zero attached hydrogens (tertiary/aromatic N) is 3. The predicted octanol–water partition coefficient (Wildman–Crippen LogP) is 10.8. The Morgan fingerprint density at radius 2 is 0.939 bits per heavy atom. The lowest BCUT2D eigenvalue weighted by atomic mass is 9.83. The van der Waals surface area contributed by atoms with Gasteiger partial charge in [-0.15, -0.1) is 0 Å². The summed E-state index contributed by atoms with van der Waals surface area (Å²) in [5, 5.41) is 7.63. The zero-order valence-electron chi connectivity index (χ0n) is 26.5. The second-order valence-electron chi connectivity index (χ2n) is 12.7. The van der Waals surface area contributed by atoms with Crippen LogP contribution < -0.4 is 4.74 Å². The van der Waals surface area contributed by atoms with E-state index >= 15 is 0 Å². The first-order valence-corrected chi connectivity index (χ1v) is 16.7. The van der Waals surface area contributed by atoms with Crippen molar-refractivity contribution >= 4 is 37.9 Å². The van der Waals surface area contributed by atoms with Gasteiger partial charge in [0.2, 0.25) is 0 Å². The van der Waals surface area contributed by atoms with Gasteiger partial charge in [0.25, 0.3) is 0 Å². The Balaban J connectivity index is 1.07. The Kier molecular flexibility index (Phi) is 6.28. The van der Waals surface area contributed by atoms with Gasteiger partial charge in [-0.2, -0.15) is 0 Å². The molecule has 0 amide bonds. The first kappa shape index (κ1) is 27.7. The molecule has 2 atom stereocenters. The largest absolute Gasteiger partial charge is 0.485 e. The molecule has 0 N–H and O–H groups in total. The highest BCUT2D eigenvalue weighted by atomic mass is 16.5. The summed E-state index contributed by atoms with van der Waals surface area (Å²) in [6.45, 7) is 0. The maximum absolute atomic E-state index is 6.67. The molecule has 4 heteroatoms. The van der Waals surface area contributed by atoms with Crippen LogP contribution in [0.25, 0.3) is 71.8 Å². The summed E-state index contributed by atoms with van der Waals surface area (Å²) >= 11 is 0. The molecule has 2 heterocycles.